The van der Waals surface area contributed by atoms with E-state index in [9.17, 15) is 18.4 Å². The fraction of sp³-hybridized carbons (Fsp3) is 0. The van der Waals surface area contributed by atoms with Crippen molar-refractivity contribution in [1.82, 2.24) is 4.98 Å². The van der Waals surface area contributed by atoms with E-state index in [1.165, 1.54) is 54.7 Å². The summed E-state index contributed by atoms with van der Waals surface area (Å²) in [7, 11) is 0. The summed E-state index contributed by atoms with van der Waals surface area (Å²) < 4.78 is 26.3. The first-order valence-corrected chi connectivity index (χ1v) is 7.37. The van der Waals surface area contributed by atoms with Gasteiger partial charge in [-0.2, -0.15) is 0 Å². The number of amides is 1. The summed E-state index contributed by atoms with van der Waals surface area (Å²) in [6.45, 7) is 0. The molecule has 0 bridgehead atoms. The number of anilines is 1. The largest absolute Gasteiger partial charge is 0.306 e. The zero-order valence-corrected chi connectivity index (χ0v) is 12.9. The van der Waals surface area contributed by atoms with Crippen molar-refractivity contribution >= 4 is 17.5 Å². The fourth-order valence-corrected chi connectivity index (χ4v) is 2.25. The number of ketones is 1. The Labute approximate surface area is 142 Å². The fourth-order valence-electron chi connectivity index (χ4n) is 2.25. The highest BCUT2D eigenvalue weighted by molar-refractivity contribution is 6.14. The van der Waals surface area contributed by atoms with Crippen molar-refractivity contribution < 1.29 is 18.4 Å². The first-order chi connectivity index (χ1) is 12.0. The minimum atomic E-state index is -0.591. The summed E-state index contributed by atoms with van der Waals surface area (Å²) in [5.74, 6) is -1.96. The van der Waals surface area contributed by atoms with Crippen LogP contribution in [0.5, 0.6) is 0 Å². The van der Waals surface area contributed by atoms with Gasteiger partial charge in [-0.3, -0.25) is 9.59 Å². The van der Waals surface area contributed by atoms with E-state index < -0.39 is 23.3 Å². The van der Waals surface area contributed by atoms with Gasteiger partial charge in [0.2, 0.25) is 0 Å². The normalized spacial score (nSPS) is 10.3. The van der Waals surface area contributed by atoms with Crippen LogP contribution in [0, 0.1) is 11.6 Å². The van der Waals surface area contributed by atoms with Crippen LogP contribution >= 0.6 is 0 Å². The first-order valence-electron chi connectivity index (χ1n) is 7.37. The molecule has 6 heteroatoms. The molecular formula is C19H12F2N2O2. The molecule has 4 nitrogen and oxygen atoms in total. The predicted molar refractivity (Wildman–Crippen MR) is 88.4 cm³/mol. The summed E-state index contributed by atoms with van der Waals surface area (Å²) in [5, 5.41) is 2.50. The van der Waals surface area contributed by atoms with Gasteiger partial charge in [-0.25, -0.2) is 13.8 Å². The zero-order chi connectivity index (χ0) is 17.8. The molecule has 0 saturated carbocycles. The second kappa shape index (κ2) is 7.00. The predicted octanol–water partition coefficient (Wildman–Crippen LogP) is 3.84. The number of nitrogens with one attached hydrogen (secondary N) is 1. The molecule has 0 saturated heterocycles. The Balaban J connectivity index is 1.89. The van der Waals surface area contributed by atoms with Crippen molar-refractivity contribution in [3.63, 3.8) is 0 Å². The van der Waals surface area contributed by atoms with E-state index >= 15 is 0 Å². The van der Waals surface area contributed by atoms with E-state index in [0.29, 0.717) is 0 Å². The van der Waals surface area contributed by atoms with E-state index in [4.69, 9.17) is 0 Å². The lowest BCUT2D eigenvalue weighted by atomic mass is 10.0. The summed E-state index contributed by atoms with van der Waals surface area (Å²) in [4.78, 5) is 28.8. The molecule has 3 rings (SSSR count). The van der Waals surface area contributed by atoms with Gasteiger partial charge in [-0.15, -0.1) is 0 Å². The molecule has 0 radical (unpaired) electrons. The zero-order valence-electron chi connectivity index (χ0n) is 12.9. The van der Waals surface area contributed by atoms with Crippen molar-refractivity contribution in [3.8, 4) is 0 Å². The minimum absolute atomic E-state index is 0.0473. The average Bonchev–Trinajstić information content (AvgIpc) is 2.62. The SMILES string of the molecule is O=C(Nc1ncccc1C(=O)c1ccc(F)cc1)c1cccc(F)c1. The number of carbonyl (C=O) groups is 2. The Kier molecular flexibility index (Phi) is 4.61. The Bertz CT molecular complexity index is 940. The molecule has 25 heavy (non-hydrogen) atoms. The van der Waals surface area contributed by atoms with Crippen LogP contribution in [-0.2, 0) is 0 Å². The van der Waals surface area contributed by atoms with Crippen LogP contribution in [0.15, 0.2) is 66.9 Å². The Morgan fingerprint density at radius 2 is 1.60 bits per heavy atom. The summed E-state index contributed by atoms with van der Waals surface area (Å²) in [6.07, 6.45) is 1.42. The highest BCUT2D eigenvalue weighted by atomic mass is 19.1. The molecule has 1 heterocycles. The standard InChI is InChI=1S/C19H12F2N2O2/c20-14-8-6-12(7-9-14)17(24)16-5-2-10-22-18(16)23-19(25)13-3-1-4-15(21)11-13/h1-11H,(H,22,23,25). The van der Waals surface area contributed by atoms with Crippen molar-refractivity contribution in [3.05, 3.63) is 95.2 Å². The number of hydrogen-bond acceptors (Lipinski definition) is 3. The third-order valence-electron chi connectivity index (χ3n) is 3.48. The van der Waals surface area contributed by atoms with Crippen LogP contribution in [0.3, 0.4) is 0 Å². The van der Waals surface area contributed by atoms with E-state index in [0.717, 1.165) is 6.07 Å². The number of carbonyl (C=O) groups excluding carboxylic acids is 2. The van der Waals surface area contributed by atoms with Crippen molar-refractivity contribution in [2.45, 2.75) is 0 Å². The van der Waals surface area contributed by atoms with Gasteiger partial charge in [-0.05, 0) is 54.6 Å². The molecule has 1 amide bonds. The van der Waals surface area contributed by atoms with Gasteiger partial charge in [-0.1, -0.05) is 6.07 Å². The lowest BCUT2D eigenvalue weighted by Crippen LogP contribution is -2.16. The third-order valence-corrected chi connectivity index (χ3v) is 3.48. The number of nitrogens with zero attached hydrogens (tertiary/aromatic N) is 1. The van der Waals surface area contributed by atoms with Gasteiger partial charge >= 0.3 is 0 Å². The molecule has 0 aliphatic rings. The highest BCUT2D eigenvalue weighted by Gasteiger charge is 2.17. The molecule has 0 aliphatic carbocycles. The molecular weight excluding hydrogens is 326 g/mol. The maximum absolute atomic E-state index is 13.2. The monoisotopic (exact) mass is 338 g/mol. The van der Waals surface area contributed by atoms with Crippen LogP contribution in [0.1, 0.15) is 26.3 Å². The van der Waals surface area contributed by atoms with Gasteiger partial charge < -0.3 is 5.32 Å². The van der Waals surface area contributed by atoms with Crippen molar-refractivity contribution in [1.29, 1.82) is 0 Å². The molecule has 0 atom stereocenters. The molecule has 3 aromatic rings. The summed E-state index contributed by atoms with van der Waals surface area (Å²) >= 11 is 0. The Hall–Kier alpha value is -3.41. The van der Waals surface area contributed by atoms with Crippen molar-refractivity contribution in [2.24, 2.45) is 0 Å². The number of hydrogen-bond donors (Lipinski definition) is 1. The molecule has 0 fully saturated rings. The maximum atomic E-state index is 13.2. The topological polar surface area (TPSA) is 59.1 Å². The lowest BCUT2D eigenvalue weighted by Gasteiger charge is -2.09. The average molecular weight is 338 g/mol. The smallest absolute Gasteiger partial charge is 0.256 e. The quantitative estimate of drug-likeness (QED) is 0.735. The third kappa shape index (κ3) is 3.74. The molecule has 0 aliphatic heterocycles. The molecule has 2 aromatic carbocycles. The van der Waals surface area contributed by atoms with Crippen LogP contribution in [0.25, 0.3) is 0 Å². The second-order valence-corrected chi connectivity index (χ2v) is 5.20. The van der Waals surface area contributed by atoms with Gasteiger partial charge in [0.15, 0.2) is 5.78 Å². The second-order valence-electron chi connectivity index (χ2n) is 5.20. The maximum Gasteiger partial charge on any atom is 0.256 e. The highest BCUT2D eigenvalue weighted by Crippen LogP contribution is 2.18. The van der Waals surface area contributed by atoms with Crippen molar-refractivity contribution in [2.75, 3.05) is 5.32 Å². The number of rotatable bonds is 4. The first kappa shape index (κ1) is 16.4. The number of halogens is 2. The summed E-state index contributed by atoms with van der Waals surface area (Å²) in [6, 6.07) is 13.3. The van der Waals surface area contributed by atoms with E-state index in [2.05, 4.69) is 10.3 Å². The molecule has 0 unspecified atom stereocenters. The van der Waals surface area contributed by atoms with Gasteiger partial charge in [0.05, 0.1) is 5.56 Å². The molecule has 1 N–H and O–H groups in total. The van der Waals surface area contributed by atoms with Crippen LogP contribution in [0.2, 0.25) is 0 Å². The Morgan fingerprint density at radius 3 is 2.32 bits per heavy atom. The van der Waals surface area contributed by atoms with E-state index in [-0.39, 0.29) is 22.5 Å². The number of benzene rings is 2. The molecule has 0 spiro atoms. The molecule has 124 valence electrons. The van der Waals surface area contributed by atoms with E-state index in [1.807, 2.05) is 0 Å². The molecule has 1 aromatic heterocycles. The van der Waals surface area contributed by atoms with Gasteiger partial charge in [0.1, 0.15) is 17.5 Å². The van der Waals surface area contributed by atoms with E-state index in [1.54, 1.807) is 6.07 Å². The van der Waals surface area contributed by atoms with Gasteiger partial charge in [0.25, 0.3) is 5.91 Å². The van der Waals surface area contributed by atoms with Crippen LogP contribution < -0.4 is 5.32 Å². The summed E-state index contributed by atoms with van der Waals surface area (Å²) in [5.41, 5.74) is 0.514. The number of pyridine rings is 1. The minimum Gasteiger partial charge on any atom is -0.306 e. The lowest BCUT2D eigenvalue weighted by molar-refractivity contribution is 0.102. The van der Waals surface area contributed by atoms with Crippen LogP contribution in [0.4, 0.5) is 14.6 Å². The Morgan fingerprint density at radius 1 is 0.840 bits per heavy atom. The van der Waals surface area contributed by atoms with Crippen LogP contribution in [-0.4, -0.2) is 16.7 Å². The van der Waals surface area contributed by atoms with Gasteiger partial charge in [0, 0.05) is 17.3 Å². The number of aromatic nitrogens is 1.